The number of hydrogen-bond acceptors (Lipinski definition) is 10. The Hall–Kier alpha value is 0.873. The zero-order valence-corrected chi connectivity index (χ0v) is 9.61. The van der Waals surface area contributed by atoms with Gasteiger partial charge < -0.3 is 0 Å². The summed E-state index contributed by atoms with van der Waals surface area (Å²) in [6.07, 6.45) is 0. The van der Waals surface area contributed by atoms with Crippen LogP contribution in [0.2, 0.25) is 0 Å². The Morgan fingerprint density at radius 1 is 0.692 bits per heavy atom. The van der Waals surface area contributed by atoms with Crippen LogP contribution in [0.15, 0.2) is 0 Å². The molecule has 0 atom stereocenters. The molecule has 0 aliphatic carbocycles. The van der Waals surface area contributed by atoms with E-state index in [9.17, 15) is 31.2 Å². The predicted octanol–water partition coefficient (Wildman–Crippen LogP) is -6.45. The van der Waals surface area contributed by atoms with E-state index in [1.807, 2.05) is 0 Å². The van der Waals surface area contributed by atoms with Crippen molar-refractivity contribution in [1.29, 1.82) is 0 Å². The fourth-order valence-electron chi connectivity index (χ4n) is 0.260. The first-order valence-electron chi connectivity index (χ1n) is 2.19. The summed E-state index contributed by atoms with van der Waals surface area (Å²) in [5.74, 6) is 0. The molecule has 0 amide bonds. The molecule has 0 spiro atoms. The van der Waals surface area contributed by atoms with Crippen LogP contribution in [0.3, 0.4) is 0 Å². The molecule has 0 bridgehead atoms. The fourth-order valence-corrected chi connectivity index (χ4v) is 5.21. The molecule has 0 fully saturated rings. The Balaban J connectivity index is 4.54. The van der Waals surface area contributed by atoms with E-state index in [0.717, 1.165) is 0 Å². The van der Waals surface area contributed by atoms with Gasteiger partial charge in [0.15, 0.2) is 0 Å². The van der Waals surface area contributed by atoms with Crippen LogP contribution in [0.5, 0.6) is 0 Å². The van der Waals surface area contributed by atoms with E-state index in [1.54, 1.807) is 0 Å². The monoisotopic (exact) mass is 313 g/mol. The van der Waals surface area contributed by atoms with Crippen LogP contribution in [0.4, 0.5) is 0 Å². The Kier molecular flexibility index (Phi) is 4.45. The van der Waals surface area contributed by atoms with Gasteiger partial charge in [0.1, 0.15) is 0 Å². The molecule has 0 saturated heterocycles. The third-order valence-corrected chi connectivity index (χ3v) is 6.80. The van der Waals surface area contributed by atoms with Gasteiger partial charge in [-0.25, -0.2) is 0 Å². The van der Waals surface area contributed by atoms with Crippen LogP contribution < -0.4 is 20.2 Å². The van der Waals surface area contributed by atoms with Crippen molar-refractivity contribution in [2.45, 2.75) is 0 Å². The number of rotatable bonds is 4. The molecule has 0 aliphatic rings. The molecule has 10 nitrogen and oxygen atoms in total. The molecule has 0 unspecified atom stereocenters. The van der Waals surface area contributed by atoms with E-state index in [-0.39, 0.29) is 0 Å². The van der Waals surface area contributed by atoms with Crippen LogP contribution in [0, 0.1) is 0 Å². The van der Waals surface area contributed by atoms with Crippen molar-refractivity contribution in [2.75, 3.05) is 0 Å². The van der Waals surface area contributed by atoms with Gasteiger partial charge in [0.05, 0.1) is 0 Å². The molecular formula is O10V3-5. The molecule has 0 aromatic rings. The van der Waals surface area contributed by atoms with Gasteiger partial charge in [-0.3, -0.25) is 0 Å². The van der Waals surface area contributed by atoms with Crippen molar-refractivity contribution in [3.63, 3.8) is 0 Å². The average molecular weight is 313 g/mol. The maximum absolute atomic E-state index is 10.2. The first-order valence-corrected chi connectivity index (χ1v) is 9.03. The van der Waals surface area contributed by atoms with Gasteiger partial charge in [-0.1, -0.05) is 0 Å². The third-order valence-electron chi connectivity index (χ3n) is 0.400. The summed E-state index contributed by atoms with van der Waals surface area (Å²) in [7, 11) is 0. The van der Waals surface area contributed by atoms with E-state index < -0.39 is 45.1 Å². The van der Waals surface area contributed by atoms with Crippen LogP contribution >= 0.6 is 0 Å². The molecule has 0 heterocycles. The molecule has 80 valence electrons. The fraction of sp³-hybridized carbons (Fsp3) is 0. The Morgan fingerprint density at radius 3 is 1.08 bits per heavy atom. The second-order valence-electron chi connectivity index (χ2n) is 1.50. The number of hydrogen-bond donors (Lipinski definition) is 0. The van der Waals surface area contributed by atoms with Gasteiger partial charge in [0.2, 0.25) is 0 Å². The van der Waals surface area contributed by atoms with Crippen LogP contribution in [0.25, 0.3) is 0 Å². The van der Waals surface area contributed by atoms with Crippen molar-refractivity contribution in [1.82, 2.24) is 0 Å². The quantitative estimate of drug-likeness (QED) is 0.483. The summed E-state index contributed by atoms with van der Waals surface area (Å²) in [6.45, 7) is 0. The van der Waals surface area contributed by atoms with Crippen molar-refractivity contribution in [3.8, 4) is 0 Å². The summed E-state index contributed by atoms with van der Waals surface area (Å²) in [5.41, 5.74) is 0. The summed E-state index contributed by atoms with van der Waals surface area (Å²) in [5, 5.41) is 0. The molecule has 0 aliphatic heterocycles. The molecule has 0 N–H and O–H groups in total. The average Bonchev–Trinajstić information content (AvgIpc) is 1.43. The molecule has 13 heteroatoms. The first kappa shape index (κ1) is 13.9. The Bertz CT molecular complexity index is 272. The summed E-state index contributed by atoms with van der Waals surface area (Å²) >= 11 is -19.6. The molecule has 0 aromatic heterocycles. The molecule has 13 heavy (non-hydrogen) atoms. The summed E-state index contributed by atoms with van der Waals surface area (Å²) in [4.78, 5) is 0. The van der Waals surface area contributed by atoms with E-state index in [2.05, 4.69) is 5.17 Å². The topological polar surface area (TPSA) is 185 Å². The van der Waals surface area contributed by atoms with Gasteiger partial charge in [0.25, 0.3) is 0 Å². The van der Waals surface area contributed by atoms with E-state index in [4.69, 9.17) is 0 Å². The van der Waals surface area contributed by atoms with Crippen molar-refractivity contribution in [3.05, 3.63) is 0 Å². The van der Waals surface area contributed by atoms with Crippen molar-refractivity contribution < 1.29 is 81.4 Å². The van der Waals surface area contributed by atoms with E-state index in [1.165, 1.54) is 0 Å². The van der Waals surface area contributed by atoms with E-state index >= 15 is 0 Å². The van der Waals surface area contributed by atoms with Crippen LogP contribution in [-0.2, 0) is 61.3 Å². The van der Waals surface area contributed by atoms with Gasteiger partial charge >= 0.3 is 81.4 Å². The predicted molar refractivity (Wildman–Crippen MR) is 4.23 cm³/mol. The SMILES string of the molecule is [O]=[V]([O-])([O-])[O][V](=[O])([O-])[O][V](=[O])([O-])[O-]. The minimum absolute atomic E-state index is 2.79. The van der Waals surface area contributed by atoms with E-state index in [0.29, 0.717) is 0 Å². The van der Waals surface area contributed by atoms with Gasteiger partial charge in [-0.2, -0.15) is 0 Å². The summed E-state index contributed by atoms with van der Waals surface area (Å²) < 4.78 is 84.3. The maximum atomic E-state index is 10.2. The zero-order chi connectivity index (χ0) is 10.9. The van der Waals surface area contributed by atoms with Crippen molar-refractivity contribution >= 4 is 0 Å². The minimum atomic E-state index is -6.54. The molecule has 0 saturated carbocycles. The van der Waals surface area contributed by atoms with Gasteiger partial charge in [-0.05, 0) is 0 Å². The molecule has 0 radical (unpaired) electrons. The molecule has 0 rings (SSSR count). The van der Waals surface area contributed by atoms with Crippen molar-refractivity contribution in [2.24, 2.45) is 0 Å². The second-order valence-corrected chi connectivity index (χ2v) is 8.31. The third kappa shape index (κ3) is 9.18. The molecule has 0 aromatic carbocycles. The van der Waals surface area contributed by atoms with Gasteiger partial charge in [0, 0.05) is 0 Å². The Morgan fingerprint density at radius 2 is 0.923 bits per heavy atom. The van der Waals surface area contributed by atoms with Gasteiger partial charge in [-0.15, -0.1) is 0 Å². The first-order chi connectivity index (χ1) is 5.41. The Labute approximate surface area is 81.2 Å². The normalized spacial score (nSPS) is 14.5. The summed E-state index contributed by atoms with van der Waals surface area (Å²) in [6, 6.07) is 0. The van der Waals surface area contributed by atoms with Crippen LogP contribution in [0.1, 0.15) is 0 Å². The van der Waals surface area contributed by atoms with Crippen LogP contribution in [-0.4, -0.2) is 0 Å². The zero-order valence-electron chi connectivity index (χ0n) is 5.42. The molecular weight excluding hydrogens is 313 g/mol. The second kappa shape index (κ2) is 4.17. The standard InChI is InChI=1S/10O.3V/q;;;;;5*-1;;;.